The molecule has 2 N–H and O–H groups in total. The van der Waals surface area contributed by atoms with E-state index in [1.165, 1.54) is 0 Å². The van der Waals surface area contributed by atoms with E-state index in [9.17, 15) is 0 Å². The van der Waals surface area contributed by atoms with Crippen LogP contribution in [0.4, 0.5) is 0 Å². The van der Waals surface area contributed by atoms with E-state index in [1.807, 2.05) is 29.5 Å². The molecule has 0 aromatic carbocycles. The summed E-state index contributed by atoms with van der Waals surface area (Å²) in [6.45, 7) is 2.40. The minimum absolute atomic E-state index is 0.649. The molecule has 2 rings (SSSR count). The Hall–Kier alpha value is -1.62. The monoisotopic (exact) mass is 205 g/mol. The fourth-order valence-electron chi connectivity index (χ4n) is 1.46. The highest BCUT2D eigenvalue weighted by atomic mass is 15.3. The Kier molecular flexibility index (Phi) is 3.14. The van der Waals surface area contributed by atoms with Gasteiger partial charge in [-0.2, -0.15) is 5.10 Å². The second-order valence-electron chi connectivity index (χ2n) is 3.41. The van der Waals surface area contributed by atoms with Gasteiger partial charge in [0.2, 0.25) is 0 Å². The van der Waals surface area contributed by atoms with Crippen LogP contribution in [0.1, 0.15) is 5.69 Å². The minimum atomic E-state index is 0.649. The number of hydrogen-bond acceptors (Lipinski definition) is 3. The lowest BCUT2D eigenvalue weighted by atomic mass is 10.3. The SMILES string of the molecule is NCCc1cn(CCn2cccn2)cn1. The number of aryl methyl sites for hydroxylation is 2. The molecule has 0 fully saturated rings. The highest BCUT2D eigenvalue weighted by molar-refractivity contribution is 4.96. The van der Waals surface area contributed by atoms with Crippen LogP contribution in [-0.4, -0.2) is 25.9 Å². The van der Waals surface area contributed by atoms with Crippen LogP contribution >= 0.6 is 0 Å². The Morgan fingerprint density at radius 3 is 3.00 bits per heavy atom. The average Bonchev–Trinajstić information content (AvgIpc) is 2.85. The van der Waals surface area contributed by atoms with Crippen LogP contribution in [-0.2, 0) is 19.5 Å². The summed E-state index contributed by atoms with van der Waals surface area (Å²) in [4.78, 5) is 4.26. The summed E-state index contributed by atoms with van der Waals surface area (Å²) < 4.78 is 3.97. The highest BCUT2D eigenvalue weighted by Gasteiger charge is 1.97. The molecule has 0 bridgehead atoms. The van der Waals surface area contributed by atoms with Crippen LogP contribution in [0.5, 0.6) is 0 Å². The summed E-state index contributed by atoms with van der Waals surface area (Å²) in [6.07, 6.45) is 8.46. The van der Waals surface area contributed by atoms with Gasteiger partial charge < -0.3 is 10.3 Å². The molecule has 0 aliphatic heterocycles. The molecule has 0 spiro atoms. The van der Waals surface area contributed by atoms with Crippen molar-refractivity contribution in [2.24, 2.45) is 5.73 Å². The molecule has 0 atom stereocenters. The van der Waals surface area contributed by atoms with E-state index in [0.717, 1.165) is 25.2 Å². The number of nitrogens with two attached hydrogens (primary N) is 1. The van der Waals surface area contributed by atoms with Gasteiger partial charge in [0, 0.05) is 31.6 Å². The predicted octanol–water partition coefficient (Wildman–Crippen LogP) is 0.281. The lowest BCUT2D eigenvalue weighted by molar-refractivity contribution is 0.533. The molecular weight excluding hydrogens is 190 g/mol. The van der Waals surface area contributed by atoms with Crippen molar-refractivity contribution in [3.8, 4) is 0 Å². The first-order valence-electron chi connectivity index (χ1n) is 5.06. The van der Waals surface area contributed by atoms with Crippen LogP contribution in [0, 0.1) is 0 Å². The smallest absolute Gasteiger partial charge is 0.0950 e. The Morgan fingerprint density at radius 2 is 2.27 bits per heavy atom. The summed E-state index contributed by atoms with van der Waals surface area (Å²) in [7, 11) is 0. The predicted molar refractivity (Wildman–Crippen MR) is 57.2 cm³/mol. The zero-order valence-corrected chi connectivity index (χ0v) is 8.58. The second-order valence-corrected chi connectivity index (χ2v) is 3.41. The molecule has 80 valence electrons. The molecule has 2 heterocycles. The van der Waals surface area contributed by atoms with E-state index in [4.69, 9.17) is 5.73 Å². The maximum atomic E-state index is 5.46. The number of hydrogen-bond donors (Lipinski definition) is 1. The van der Waals surface area contributed by atoms with E-state index >= 15 is 0 Å². The van der Waals surface area contributed by atoms with Gasteiger partial charge in [0.25, 0.3) is 0 Å². The van der Waals surface area contributed by atoms with E-state index in [-0.39, 0.29) is 0 Å². The first-order chi connectivity index (χ1) is 7.38. The third kappa shape index (κ3) is 2.66. The van der Waals surface area contributed by atoms with Gasteiger partial charge in [-0.05, 0) is 12.6 Å². The fourth-order valence-corrected chi connectivity index (χ4v) is 1.46. The number of rotatable bonds is 5. The van der Waals surface area contributed by atoms with Gasteiger partial charge in [-0.25, -0.2) is 4.98 Å². The van der Waals surface area contributed by atoms with Gasteiger partial charge in [-0.15, -0.1) is 0 Å². The molecule has 5 heteroatoms. The molecule has 0 unspecified atom stereocenters. The van der Waals surface area contributed by atoms with Crippen LogP contribution in [0.25, 0.3) is 0 Å². The summed E-state index contributed by atoms with van der Waals surface area (Å²) in [5.41, 5.74) is 6.51. The molecule has 0 amide bonds. The lowest BCUT2D eigenvalue weighted by Gasteiger charge is -2.01. The first kappa shape index (κ1) is 9.92. The van der Waals surface area contributed by atoms with E-state index in [0.29, 0.717) is 6.54 Å². The van der Waals surface area contributed by atoms with Crippen molar-refractivity contribution in [2.75, 3.05) is 6.54 Å². The second kappa shape index (κ2) is 4.75. The van der Waals surface area contributed by atoms with Crippen molar-refractivity contribution >= 4 is 0 Å². The molecule has 2 aromatic heterocycles. The molecule has 15 heavy (non-hydrogen) atoms. The molecular formula is C10H15N5. The van der Waals surface area contributed by atoms with Crippen LogP contribution < -0.4 is 5.73 Å². The van der Waals surface area contributed by atoms with Gasteiger partial charge in [0.1, 0.15) is 0 Å². The largest absolute Gasteiger partial charge is 0.335 e. The Balaban J connectivity index is 1.88. The molecule has 5 nitrogen and oxygen atoms in total. The van der Waals surface area contributed by atoms with Crippen molar-refractivity contribution in [1.82, 2.24) is 19.3 Å². The van der Waals surface area contributed by atoms with Crippen LogP contribution in [0.15, 0.2) is 31.0 Å². The Bertz CT molecular complexity index is 390. The van der Waals surface area contributed by atoms with Crippen LogP contribution in [0.2, 0.25) is 0 Å². The zero-order chi connectivity index (χ0) is 10.5. The Morgan fingerprint density at radius 1 is 1.33 bits per heavy atom. The summed E-state index contributed by atoms with van der Waals surface area (Å²) in [6, 6.07) is 1.92. The zero-order valence-electron chi connectivity index (χ0n) is 8.58. The standard InChI is InChI=1S/C10H15N5/c11-3-2-10-8-14(9-12-10)6-7-15-5-1-4-13-15/h1,4-5,8-9H,2-3,6-7,11H2. The quantitative estimate of drug-likeness (QED) is 0.762. The number of nitrogens with zero attached hydrogens (tertiary/aromatic N) is 4. The van der Waals surface area contributed by atoms with Gasteiger partial charge in [0.15, 0.2) is 0 Å². The molecule has 0 saturated heterocycles. The Labute approximate surface area is 88.5 Å². The topological polar surface area (TPSA) is 61.7 Å². The van der Waals surface area contributed by atoms with Gasteiger partial charge >= 0.3 is 0 Å². The lowest BCUT2D eigenvalue weighted by Crippen LogP contribution is -2.06. The molecule has 0 saturated carbocycles. The molecule has 0 radical (unpaired) electrons. The number of imidazole rings is 1. The fraction of sp³-hybridized carbons (Fsp3) is 0.400. The van der Waals surface area contributed by atoms with Crippen molar-refractivity contribution in [3.05, 3.63) is 36.7 Å². The summed E-state index contributed by atoms with van der Waals surface area (Å²) in [5, 5.41) is 4.14. The van der Waals surface area contributed by atoms with E-state index in [2.05, 4.69) is 14.6 Å². The third-order valence-electron chi connectivity index (χ3n) is 2.23. The van der Waals surface area contributed by atoms with Gasteiger partial charge in [-0.1, -0.05) is 0 Å². The molecule has 0 aliphatic rings. The maximum absolute atomic E-state index is 5.46. The molecule has 2 aromatic rings. The summed E-state index contributed by atoms with van der Waals surface area (Å²) in [5.74, 6) is 0. The molecule has 0 aliphatic carbocycles. The van der Waals surface area contributed by atoms with Crippen molar-refractivity contribution in [1.29, 1.82) is 0 Å². The van der Waals surface area contributed by atoms with Crippen molar-refractivity contribution in [3.63, 3.8) is 0 Å². The normalized spacial score (nSPS) is 10.7. The maximum Gasteiger partial charge on any atom is 0.0950 e. The van der Waals surface area contributed by atoms with Crippen molar-refractivity contribution < 1.29 is 0 Å². The van der Waals surface area contributed by atoms with E-state index in [1.54, 1.807) is 6.20 Å². The number of aromatic nitrogens is 4. The first-order valence-corrected chi connectivity index (χ1v) is 5.06. The van der Waals surface area contributed by atoms with Gasteiger partial charge in [-0.3, -0.25) is 4.68 Å². The highest BCUT2D eigenvalue weighted by Crippen LogP contribution is 1.97. The average molecular weight is 205 g/mol. The summed E-state index contributed by atoms with van der Waals surface area (Å²) >= 11 is 0. The third-order valence-corrected chi connectivity index (χ3v) is 2.23. The van der Waals surface area contributed by atoms with E-state index < -0.39 is 0 Å². The van der Waals surface area contributed by atoms with Crippen molar-refractivity contribution in [2.45, 2.75) is 19.5 Å². The van der Waals surface area contributed by atoms with Crippen LogP contribution in [0.3, 0.4) is 0 Å². The van der Waals surface area contributed by atoms with Gasteiger partial charge in [0.05, 0.1) is 18.6 Å². The minimum Gasteiger partial charge on any atom is -0.335 e.